The largest absolute Gasteiger partial charge is 0.390 e. The van der Waals surface area contributed by atoms with Crippen LogP contribution >= 0.6 is 0 Å². The Balaban J connectivity index is 1.74. The van der Waals surface area contributed by atoms with Crippen LogP contribution in [0.15, 0.2) is 0 Å². The molecule has 4 nitrogen and oxygen atoms in total. The summed E-state index contributed by atoms with van der Waals surface area (Å²) in [6, 6.07) is 0. The van der Waals surface area contributed by atoms with E-state index < -0.39 is 23.2 Å². The molecule has 4 aliphatic rings. The second-order valence-electron chi connectivity index (χ2n) is 9.47. The summed E-state index contributed by atoms with van der Waals surface area (Å²) in [5.41, 5.74) is -0.891. The molecular weight excluding hydrogens is 290 g/mol. The van der Waals surface area contributed by atoms with Gasteiger partial charge in [-0.1, -0.05) is 20.3 Å². The Kier molecular flexibility index (Phi) is 3.35. The first-order valence-electron chi connectivity index (χ1n) is 9.38. The molecule has 0 aromatic carbocycles. The molecule has 4 fully saturated rings. The van der Waals surface area contributed by atoms with Crippen LogP contribution in [-0.4, -0.2) is 38.8 Å². The number of hydrogen-bond acceptors (Lipinski definition) is 4. The van der Waals surface area contributed by atoms with E-state index in [1.54, 1.807) is 0 Å². The Bertz CT molecular complexity index is 537. The van der Waals surface area contributed by atoms with Crippen molar-refractivity contribution in [2.24, 2.45) is 28.6 Å². The zero-order valence-electron chi connectivity index (χ0n) is 14.4. The summed E-state index contributed by atoms with van der Waals surface area (Å²) in [5, 5.41) is 40.3. The molecule has 4 heteroatoms. The predicted molar refractivity (Wildman–Crippen MR) is 88.3 cm³/mol. The molecule has 23 heavy (non-hydrogen) atoms. The fourth-order valence-corrected chi connectivity index (χ4v) is 7.10. The van der Waals surface area contributed by atoms with Gasteiger partial charge in [0.1, 0.15) is 5.60 Å². The van der Waals surface area contributed by atoms with E-state index in [-0.39, 0.29) is 6.42 Å². The Morgan fingerprint density at radius 3 is 2.43 bits per heavy atom. The molecule has 0 aliphatic heterocycles. The van der Waals surface area contributed by atoms with Crippen molar-refractivity contribution in [3.05, 3.63) is 0 Å². The molecule has 0 amide bonds. The lowest BCUT2D eigenvalue weighted by atomic mass is 9.43. The van der Waals surface area contributed by atoms with E-state index in [4.69, 9.17) is 5.41 Å². The van der Waals surface area contributed by atoms with Crippen LogP contribution < -0.4 is 0 Å². The first-order valence-corrected chi connectivity index (χ1v) is 9.38. The van der Waals surface area contributed by atoms with Gasteiger partial charge in [0.25, 0.3) is 0 Å². The number of fused-ring (bicyclic) bond motifs is 5. The van der Waals surface area contributed by atoms with E-state index >= 15 is 0 Å². The van der Waals surface area contributed by atoms with Gasteiger partial charge < -0.3 is 20.7 Å². The van der Waals surface area contributed by atoms with E-state index in [2.05, 4.69) is 13.8 Å². The molecule has 4 aliphatic carbocycles. The van der Waals surface area contributed by atoms with Gasteiger partial charge in [-0.15, -0.1) is 0 Å². The summed E-state index contributed by atoms with van der Waals surface area (Å²) in [6.45, 7) is 4.50. The Morgan fingerprint density at radius 1 is 1.00 bits per heavy atom. The third-order valence-electron chi connectivity index (χ3n) is 8.50. The van der Waals surface area contributed by atoms with E-state index in [1.165, 1.54) is 25.7 Å². The SMILES string of the molecule is CC12CCCC1C1CC(=N)C3(O)CC(O)C(O)CC3(C)C1CC2. The van der Waals surface area contributed by atoms with E-state index in [0.717, 1.165) is 6.42 Å². The maximum absolute atomic E-state index is 11.4. The molecule has 4 rings (SSSR count). The molecular formula is C19H31NO3. The Hall–Kier alpha value is -0.450. The van der Waals surface area contributed by atoms with Gasteiger partial charge >= 0.3 is 0 Å². The highest BCUT2D eigenvalue weighted by Crippen LogP contribution is 2.66. The molecule has 4 saturated carbocycles. The first-order chi connectivity index (χ1) is 10.7. The molecule has 0 saturated heterocycles. The average molecular weight is 321 g/mol. The van der Waals surface area contributed by atoms with Crippen molar-refractivity contribution in [3.63, 3.8) is 0 Å². The minimum absolute atomic E-state index is 0.120. The summed E-state index contributed by atoms with van der Waals surface area (Å²) >= 11 is 0. The maximum Gasteiger partial charge on any atom is 0.110 e. The summed E-state index contributed by atoms with van der Waals surface area (Å²) in [4.78, 5) is 0. The Labute approximate surface area is 138 Å². The van der Waals surface area contributed by atoms with Gasteiger partial charge in [0.2, 0.25) is 0 Å². The van der Waals surface area contributed by atoms with Gasteiger partial charge in [0.05, 0.1) is 12.2 Å². The number of rotatable bonds is 0. The smallest absolute Gasteiger partial charge is 0.110 e. The molecule has 8 atom stereocenters. The summed E-state index contributed by atoms with van der Waals surface area (Å²) in [7, 11) is 0. The molecule has 0 heterocycles. The topological polar surface area (TPSA) is 84.5 Å². The minimum Gasteiger partial charge on any atom is -0.390 e. The highest BCUT2D eigenvalue weighted by molar-refractivity contribution is 5.92. The highest BCUT2D eigenvalue weighted by Gasteiger charge is 2.66. The van der Waals surface area contributed by atoms with Crippen LogP contribution in [0.25, 0.3) is 0 Å². The predicted octanol–water partition coefficient (Wildman–Crippen LogP) is 2.50. The van der Waals surface area contributed by atoms with Crippen LogP contribution in [0.1, 0.15) is 65.2 Å². The molecule has 0 aromatic rings. The monoisotopic (exact) mass is 321 g/mol. The van der Waals surface area contributed by atoms with Gasteiger partial charge in [-0.25, -0.2) is 0 Å². The van der Waals surface area contributed by atoms with Crippen LogP contribution in [0.2, 0.25) is 0 Å². The zero-order chi connectivity index (χ0) is 16.6. The van der Waals surface area contributed by atoms with Crippen molar-refractivity contribution in [1.29, 1.82) is 5.41 Å². The lowest BCUT2D eigenvalue weighted by Gasteiger charge is -2.64. The van der Waals surface area contributed by atoms with Crippen molar-refractivity contribution in [2.75, 3.05) is 0 Å². The van der Waals surface area contributed by atoms with E-state index in [0.29, 0.717) is 41.7 Å². The molecule has 0 aromatic heterocycles. The van der Waals surface area contributed by atoms with Crippen molar-refractivity contribution in [1.82, 2.24) is 0 Å². The highest BCUT2D eigenvalue weighted by atomic mass is 16.3. The molecule has 0 radical (unpaired) electrons. The van der Waals surface area contributed by atoms with Crippen molar-refractivity contribution in [2.45, 2.75) is 83.0 Å². The van der Waals surface area contributed by atoms with Crippen LogP contribution in [-0.2, 0) is 0 Å². The third-order valence-corrected chi connectivity index (χ3v) is 8.50. The zero-order valence-corrected chi connectivity index (χ0v) is 14.4. The minimum atomic E-state index is -1.24. The first kappa shape index (κ1) is 16.0. The molecule has 0 spiro atoms. The fourth-order valence-electron chi connectivity index (χ4n) is 7.10. The van der Waals surface area contributed by atoms with Crippen LogP contribution in [0.3, 0.4) is 0 Å². The van der Waals surface area contributed by atoms with Gasteiger partial charge in [-0.3, -0.25) is 0 Å². The van der Waals surface area contributed by atoms with Gasteiger partial charge in [-0.2, -0.15) is 0 Å². The average Bonchev–Trinajstić information content (AvgIpc) is 2.86. The lowest BCUT2D eigenvalue weighted by Crippen LogP contribution is -2.69. The number of aliphatic hydroxyl groups is 3. The number of nitrogens with one attached hydrogen (secondary N) is 1. The quantitative estimate of drug-likeness (QED) is 0.553. The normalized spacial score (nSPS) is 59.2. The van der Waals surface area contributed by atoms with Gasteiger partial charge in [-0.05, 0) is 61.7 Å². The van der Waals surface area contributed by atoms with Gasteiger partial charge in [0, 0.05) is 17.5 Å². The van der Waals surface area contributed by atoms with Crippen molar-refractivity contribution < 1.29 is 15.3 Å². The van der Waals surface area contributed by atoms with E-state index in [9.17, 15) is 15.3 Å². The van der Waals surface area contributed by atoms with Crippen molar-refractivity contribution in [3.8, 4) is 0 Å². The second-order valence-corrected chi connectivity index (χ2v) is 9.47. The molecule has 8 unspecified atom stereocenters. The molecule has 0 bridgehead atoms. The maximum atomic E-state index is 11.4. The number of aliphatic hydroxyl groups excluding tert-OH is 2. The number of hydrogen-bond donors (Lipinski definition) is 4. The fraction of sp³-hybridized carbons (Fsp3) is 0.947. The lowest BCUT2D eigenvalue weighted by molar-refractivity contribution is -0.195. The third kappa shape index (κ3) is 1.92. The van der Waals surface area contributed by atoms with Gasteiger partial charge in [0.15, 0.2) is 0 Å². The standard InChI is InChI=1S/C19H31NO3/c1-17-6-3-4-12(17)11-8-16(20)19(23)10-15(22)14(21)9-18(19,2)13(11)5-7-17/h11-15,20-23H,3-10H2,1-2H3. The summed E-state index contributed by atoms with van der Waals surface area (Å²) < 4.78 is 0. The molecule has 4 N–H and O–H groups in total. The van der Waals surface area contributed by atoms with Crippen LogP contribution in [0.4, 0.5) is 0 Å². The van der Waals surface area contributed by atoms with E-state index in [1.807, 2.05) is 0 Å². The Morgan fingerprint density at radius 2 is 1.70 bits per heavy atom. The van der Waals surface area contributed by atoms with Crippen LogP contribution in [0.5, 0.6) is 0 Å². The van der Waals surface area contributed by atoms with Crippen molar-refractivity contribution >= 4 is 5.71 Å². The van der Waals surface area contributed by atoms with Crippen LogP contribution in [0, 0.1) is 34.0 Å². The second kappa shape index (κ2) is 4.80. The molecule has 130 valence electrons. The summed E-state index contributed by atoms with van der Waals surface area (Å²) in [6.07, 6.45) is 5.67. The summed E-state index contributed by atoms with van der Waals surface area (Å²) in [5.74, 6) is 1.49.